The van der Waals surface area contributed by atoms with Crippen molar-refractivity contribution in [3.05, 3.63) is 29.6 Å². The van der Waals surface area contributed by atoms with E-state index in [1.54, 1.807) is 6.20 Å². The van der Waals surface area contributed by atoms with Gasteiger partial charge in [0.1, 0.15) is 0 Å². The Morgan fingerprint density at radius 1 is 1.30 bits per heavy atom. The Morgan fingerprint density at radius 2 is 1.95 bits per heavy atom. The van der Waals surface area contributed by atoms with E-state index in [4.69, 9.17) is 11.5 Å². The summed E-state index contributed by atoms with van der Waals surface area (Å²) in [4.78, 5) is 16.4. The summed E-state index contributed by atoms with van der Waals surface area (Å²) in [5.74, 6) is -0.0417. The van der Waals surface area contributed by atoms with Crippen molar-refractivity contribution in [1.82, 2.24) is 10.3 Å². The molecule has 0 aromatic carbocycles. The molecule has 112 valence electrons. The van der Waals surface area contributed by atoms with E-state index in [0.717, 1.165) is 36.9 Å². The summed E-state index contributed by atoms with van der Waals surface area (Å²) in [5, 5.41) is 3.07. The van der Waals surface area contributed by atoms with Crippen LogP contribution < -0.4 is 16.8 Å². The number of hydrogen-bond acceptors (Lipinski definition) is 4. The summed E-state index contributed by atoms with van der Waals surface area (Å²) in [7, 11) is 0. The molecule has 5 N–H and O–H groups in total. The maximum atomic E-state index is 12.0. The zero-order valence-electron chi connectivity index (χ0n) is 11.1. The first-order chi connectivity index (χ1) is 8.58. The van der Waals surface area contributed by atoms with Gasteiger partial charge in [-0.25, -0.2) is 0 Å². The molecule has 0 radical (unpaired) electrons. The molecule has 0 aliphatic heterocycles. The van der Waals surface area contributed by atoms with Crippen LogP contribution in [-0.4, -0.2) is 16.4 Å². The van der Waals surface area contributed by atoms with Gasteiger partial charge in [-0.15, -0.1) is 24.8 Å². The average molecular weight is 319 g/mol. The Morgan fingerprint density at radius 3 is 2.45 bits per heavy atom. The molecule has 0 atom stereocenters. The lowest BCUT2D eigenvalue weighted by Crippen LogP contribution is -2.47. The molecule has 2 fully saturated rings. The smallest absolute Gasteiger partial charge is 0.240 e. The Balaban J connectivity index is 0.000001000. The predicted octanol–water partition coefficient (Wildman–Crippen LogP) is 0.980. The van der Waals surface area contributed by atoms with E-state index in [0.29, 0.717) is 6.54 Å². The monoisotopic (exact) mass is 318 g/mol. The van der Waals surface area contributed by atoms with E-state index in [9.17, 15) is 4.79 Å². The lowest BCUT2D eigenvalue weighted by Gasteiger charge is -2.20. The van der Waals surface area contributed by atoms with Gasteiger partial charge in [-0.1, -0.05) is 0 Å². The van der Waals surface area contributed by atoms with Crippen molar-refractivity contribution >= 4 is 30.7 Å². The Hall–Kier alpha value is -0.880. The van der Waals surface area contributed by atoms with Crippen LogP contribution in [0.1, 0.15) is 36.9 Å². The number of hydrogen-bond donors (Lipinski definition) is 3. The van der Waals surface area contributed by atoms with Crippen LogP contribution in [0.25, 0.3) is 0 Å². The minimum Gasteiger partial charge on any atom is -0.343 e. The lowest BCUT2D eigenvalue weighted by atomic mass is 10.1. The first-order valence-electron chi connectivity index (χ1n) is 6.35. The normalized spacial score (nSPS) is 20.1. The van der Waals surface area contributed by atoms with Gasteiger partial charge in [0, 0.05) is 12.7 Å². The summed E-state index contributed by atoms with van der Waals surface area (Å²) < 4.78 is 0. The fourth-order valence-corrected chi connectivity index (χ4v) is 2.14. The largest absolute Gasteiger partial charge is 0.343 e. The molecule has 0 spiro atoms. The number of nitrogens with two attached hydrogens (primary N) is 2. The van der Waals surface area contributed by atoms with Gasteiger partial charge in [0.25, 0.3) is 0 Å². The van der Waals surface area contributed by atoms with Gasteiger partial charge in [0.05, 0.1) is 16.8 Å². The Labute approximate surface area is 130 Å². The van der Waals surface area contributed by atoms with E-state index in [2.05, 4.69) is 10.3 Å². The summed E-state index contributed by atoms with van der Waals surface area (Å²) in [6, 6.07) is 3.87. The molecular weight excluding hydrogens is 299 g/mol. The van der Waals surface area contributed by atoms with E-state index in [1.807, 2.05) is 12.1 Å². The Kier molecular flexibility index (Phi) is 5.03. The van der Waals surface area contributed by atoms with Crippen LogP contribution in [-0.2, 0) is 16.9 Å². The van der Waals surface area contributed by atoms with Gasteiger partial charge >= 0.3 is 0 Å². The van der Waals surface area contributed by atoms with Crippen LogP contribution in [0.4, 0.5) is 0 Å². The third-order valence-corrected chi connectivity index (χ3v) is 3.89. The van der Waals surface area contributed by atoms with Crippen LogP contribution in [0.3, 0.4) is 0 Å². The fourth-order valence-electron chi connectivity index (χ4n) is 2.14. The van der Waals surface area contributed by atoms with Crippen LogP contribution in [0.2, 0.25) is 0 Å². The molecule has 1 aromatic heterocycles. The number of pyridine rings is 1. The number of rotatable bonds is 4. The maximum absolute atomic E-state index is 12.0. The molecule has 1 heterocycles. The number of halogens is 2. The quantitative estimate of drug-likeness (QED) is 0.771. The third-order valence-electron chi connectivity index (χ3n) is 3.89. The molecule has 5 nitrogen and oxygen atoms in total. The molecule has 2 aliphatic carbocycles. The Bertz CT molecular complexity index is 501. The van der Waals surface area contributed by atoms with Crippen LogP contribution in [0.5, 0.6) is 0 Å². The number of aromatic nitrogens is 1. The predicted molar refractivity (Wildman–Crippen MR) is 81.8 cm³/mol. The first kappa shape index (κ1) is 17.2. The molecule has 0 saturated heterocycles. The third kappa shape index (κ3) is 3.06. The molecule has 2 saturated carbocycles. The van der Waals surface area contributed by atoms with Crippen molar-refractivity contribution in [3.8, 4) is 0 Å². The number of carbonyl (C=O) groups excluding carboxylic acids is 1. The lowest BCUT2D eigenvalue weighted by molar-refractivity contribution is -0.124. The zero-order valence-corrected chi connectivity index (χ0v) is 12.7. The van der Waals surface area contributed by atoms with Crippen molar-refractivity contribution in [3.63, 3.8) is 0 Å². The highest BCUT2D eigenvalue weighted by Gasteiger charge is 2.53. The number of nitrogens with zero attached hydrogens (tertiary/aromatic N) is 1. The SMILES string of the molecule is Cl.Cl.NCc1ccnc(C2(NC(=O)C3(N)CC3)CC2)c1. The van der Waals surface area contributed by atoms with E-state index in [1.165, 1.54) is 0 Å². The van der Waals surface area contributed by atoms with Crippen LogP contribution >= 0.6 is 24.8 Å². The van der Waals surface area contributed by atoms with Crippen molar-refractivity contribution in [2.24, 2.45) is 11.5 Å². The highest BCUT2D eigenvalue weighted by atomic mass is 35.5. The van der Waals surface area contributed by atoms with Gasteiger partial charge < -0.3 is 16.8 Å². The van der Waals surface area contributed by atoms with Gasteiger partial charge in [-0.2, -0.15) is 0 Å². The zero-order chi connectivity index (χ0) is 12.8. The van der Waals surface area contributed by atoms with Crippen LogP contribution in [0, 0.1) is 0 Å². The number of amides is 1. The molecule has 1 amide bonds. The molecule has 0 unspecified atom stereocenters. The van der Waals surface area contributed by atoms with Crippen molar-refractivity contribution in [2.75, 3.05) is 0 Å². The second-order valence-electron chi connectivity index (χ2n) is 5.45. The van der Waals surface area contributed by atoms with Crippen molar-refractivity contribution in [1.29, 1.82) is 0 Å². The topological polar surface area (TPSA) is 94.0 Å². The summed E-state index contributed by atoms with van der Waals surface area (Å²) in [6.45, 7) is 0.486. The molecule has 1 aromatic rings. The molecule has 7 heteroatoms. The minimum absolute atomic E-state index is 0. The van der Waals surface area contributed by atoms with Gasteiger partial charge in [-0.05, 0) is 43.4 Å². The average Bonchev–Trinajstić information content (AvgIpc) is 3.28. The van der Waals surface area contributed by atoms with E-state index < -0.39 is 5.54 Å². The highest BCUT2D eigenvalue weighted by molar-refractivity contribution is 5.90. The molecule has 2 aliphatic rings. The summed E-state index contributed by atoms with van der Waals surface area (Å²) in [6.07, 6.45) is 5.17. The summed E-state index contributed by atoms with van der Waals surface area (Å²) >= 11 is 0. The second kappa shape index (κ2) is 5.85. The second-order valence-corrected chi connectivity index (χ2v) is 5.45. The summed E-state index contributed by atoms with van der Waals surface area (Å²) in [5.41, 5.74) is 12.6. The first-order valence-corrected chi connectivity index (χ1v) is 6.35. The molecular formula is C13H20Cl2N4O. The van der Waals surface area contributed by atoms with Crippen molar-refractivity contribution in [2.45, 2.75) is 43.3 Å². The minimum atomic E-state index is -0.624. The van der Waals surface area contributed by atoms with Gasteiger partial charge in [-0.3, -0.25) is 9.78 Å². The fraction of sp³-hybridized carbons (Fsp3) is 0.538. The molecule has 20 heavy (non-hydrogen) atoms. The van der Waals surface area contributed by atoms with Gasteiger partial charge in [0.15, 0.2) is 0 Å². The number of carbonyl (C=O) groups is 1. The standard InChI is InChI=1S/C13H18N4O.2ClH/c14-8-9-1-6-16-10(7-9)13(4-5-13)17-11(18)12(15)2-3-12;;/h1,6-7H,2-5,8,14-15H2,(H,17,18);2*1H. The van der Waals surface area contributed by atoms with Gasteiger partial charge in [0.2, 0.25) is 5.91 Å². The van der Waals surface area contributed by atoms with Crippen LogP contribution in [0.15, 0.2) is 18.3 Å². The maximum Gasteiger partial charge on any atom is 0.240 e. The van der Waals surface area contributed by atoms with E-state index >= 15 is 0 Å². The number of nitrogens with one attached hydrogen (secondary N) is 1. The van der Waals surface area contributed by atoms with E-state index in [-0.39, 0.29) is 36.3 Å². The van der Waals surface area contributed by atoms with Crippen molar-refractivity contribution < 1.29 is 4.79 Å². The molecule has 0 bridgehead atoms. The molecule has 3 rings (SSSR count). The highest BCUT2D eigenvalue weighted by Crippen LogP contribution is 2.46.